The van der Waals surface area contributed by atoms with Gasteiger partial charge >= 0.3 is 5.97 Å². The molecule has 0 spiro atoms. The van der Waals surface area contributed by atoms with Crippen LogP contribution in [-0.2, 0) is 42.3 Å². The highest BCUT2D eigenvalue weighted by atomic mass is 32.2. The zero-order valence-corrected chi connectivity index (χ0v) is 20.7. The minimum absolute atomic E-state index is 0.121. The first kappa shape index (κ1) is 24.3. The number of hydrogen-bond donors (Lipinski definition) is 0. The van der Waals surface area contributed by atoms with Crippen LogP contribution in [0.2, 0.25) is 0 Å². The highest BCUT2D eigenvalue weighted by Crippen LogP contribution is 2.39. The summed E-state index contributed by atoms with van der Waals surface area (Å²) >= 11 is 0. The van der Waals surface area contributed by atoms with E-state index in [2.05, 4.69) is 4.98 Å². The lowest BCUT2D eigenvalue weighted by Crippen LogP contribution is -2.44. The summed E-state index contributed by atoms with van der Waals surface area (Å²) in [5.74, 6) is -1.44. The third-order valence-corrected chi connectivity index (χ3v) is 8.65. The first-order chi connectivity index (χ1) is 16.1. The van der Waals surface area contributed by atoms with E-state index in [0.29, 0.717) is 36.2 Å². The second-order valence-electron chi connectivity index (χ2n) is 9.04. The average Bonchev–Trinajstić information content (AvgIpc) is 3.30. The molecule has 2 amide bonds. The Labute approximate surface area is 198 Å². The molecule has 0 N–H and O–H groups in total. The van der Waals surface area contributed by atoms with Crippen LogP contribution >= 0.6 is 0 Å². The van der Waals surface area contributed by atoms with Gasteiger partial charge in [0.2, 0.25) is 21.8 Å². The Morgan fingerprint density at radius 3 is 2.35 bits per heavy atom. The topological polar surface area (TPSA) is 119 Å². The molecule has 2 fully saturated rings. The first-order valence-electron chi connectivity index (χ1n) is 11.5. The smallest absolute Gasteiger partial charge is 0.329 e. The molecular formula is C23H30N4O6S. The molecule has 1 saturated heterocycles. The van der Waals surface area contributed by atoms with Crippen molar-refractivity contribution in [1.29, 1.82) is 0 Å². The Morgan fingerprint density at radius 1 is 1.18 bits per heavy atom. The molecule has 184 valence electrons. The van der Waals surface area contributed by atoms with Gasteiger partial charge in [0.15, 0.2) is 0 Å². The molecule has 2 aliphatic rings. The van der Waals surface area contributed by atoms with Gasteiger partial charge in [0.1, 0.15) is 18.5 Å². The number of ether oxygens (including phenoxy) is 1. The van der Waals surface area contributed by atoms with Crippen molar-refractivity contribution < 1.29 is 27.5 Å². The van der Waals surface area contributed by atoms with Gasteiger partial charge in [0.25, 0.3) is 0 Å². The fourth-order valence-corrected chi connectivity index (χ4v) is 5.85. The molecule has 4 rings (SSSR count). The number of aromatic nitrogens is 2. The minimum atomic E-state index is -3.62. The van der Waals surface area contributed by atoms with E-state index in [4.69, 9.17) is 4.74 Å². The molecule has 1 aromatic carbocycles. The van der Waals surface area contributed by atoms with Gasteiger partial charge in [-0.3, -0.25) is 14.5 Å². The van der Waals surface area contributed by atoms with Crippen molar-refractivity contribution in [2.45, 2.75) is 63.6 Å². The number of likely N-dealkylation sites (tertiary alicyclic amines) is 1. The molecule has 1 aliphatic carbocycles. The van der Waals surface area contributed by atoms with Crippen molar-refractivity contribution in [3.8, 4) is 0 Å². The summed E-state index contributed by atoms with van der Waals surface area (Å²) in [5, 5.41) is 0. The van der Waals surface area contributed by atoms with Crippen molar-refractivity contribution in [2.75, 3.05) is 14.1 Å². The van der Waals surface area contributed by atoms with Crippen molar-refractivity contribution in [1.82, 2.24) is 18.8 Å². The maximum absolute atomic E-state index is 12.8. The number of imide groups is 1. The number of carbonyl (C=O) groups excluding carboxylic acids is 3. The van der Waals surface area contributed by atoms with E-state index in [0.717, 1.165) is 22.0 Å². The summed E-state index contributed by atoms with van der Waals surface area (Å²) in [6.45, 7) is 3.79. The van der Waals surface area contributed by atoms with Gasteiger partial charge in [0.05, 0.1) is 27.8 Å². The van der Waals surface area contributed by atoms with Crippen molar-refractivity contribution in [3.05, 3.63) is 24.0 Å². The molecule has 1 aliphatic heterocycles. The SMILES string of the molecule is CCn1c(COC(=O)[C@H](C)N2C(=O)[C@H]3CCCC[C@@H]3C2=O)nc2cc(S(=O)(=O)N(C)C)ccc21. The molecule has 1 saturated carbocycles. The number of carbonyl (C=O) groups is 3. The fourth-order valence-electron chi connectivity index (χ4n) is 4.93. The molecule has 1 aromatic heterocycles. The van der Waals surface area contributed by atoms with Crippen molar-refractivity contribution in [3.63, 3.8) is 0 Å². The number of aryl methyl sites for hydroxylation is 1. The lowest BCUT2D eigenvalue weighted by molar-refractivity contribution is -0.159. The summed E-state index contributed by atoms with van der Waals surface area (Å²) in [6.07, 6.45) is 3.19. The predicted molar refractivity (Wildman–Crippen MR) is 123 cm³/mol. The molecule has 2 heterocycles. The Morgan fingerprint density at radius 2 is 1.79 bits per heavy atom. The number of nitrogens with zero attached hydrogens (tertiary/aromatic N) is 4. The predicted octanol–water partition coefficient (Wildman–Crippen LogP) is 1.91. The van der Waals surface area contributed by atoms with Gasteiger partial charge in [-0.25, -0.2) is 22.5 Å². The third kappa shape index (κ3) is 4.00. The van der Waals surface area contributed by atoms with E-state index in [1.165, 1.54) is 33.2 Å². The molecule has 10 nitrogen and oxygen atoms in total. The van der Waals surface area contributed by atoms with Crippen LogP contribution in [0.4, 0.5) is 0 Å². The van der Waals surface area contributed by atoms with E-state index in [9.17, 15) is 22.8 Å². The zero-order chi connectivity index (χ0) is 24.8. The number of amides is 2. The number of rotatable bonds is 7. The van der Waals surface area contributed by atoms with Gasteiger partial charge < -0.3 is 9.30 Å². The van der Waals surface area contributed by atoms with E-state index in [1.807, 2.05) is 11.5 Å². The molecule has 0 radical (unpaired) electrons. The van der Waals surface area contributed by atoms with Crippen LogP contribution in [0.5, 0.6) is 0 Å². The second-order valence-corrected chi connectivity index (χ2v) is 11.2. The zero-order valence-electron chi connectivity index (χ0n) is 19.9. The lowest BCUT2D eigenvalue weighted by Gasteiger charge is -2.21. The van der Waals surface area contributed by atoms with Crippen molar-refractivity contribution >= 4 is 38.8 Å². The lowest BCUT2D eigenvalue weighted by atomic mass is 9.81. The average molecular weight is 491 g/mol. The van der Waals surface area contributed by atoms with Gasteiger partial charge in [-0.15, -0.1) is 0 Å². The van der Waals surface area contributed by atoms with Crippen LogP contribution in [-0.4, -0.2) is 65.1 Å². The number of esters is 1. The number of benzene rings is 1. The van der Waals surface area contributed by atoms with Crippen LogP contribution in [0, 0.1) is 11.8 Å². The largest absolute Gasteiger partial charge is 0.456 e. The number of hydrogen-bond acceptors (Lipinski definition) is 7. The molecule has 0 unspecified atom stereocenters. The molecule has 2 aromatic rings. The Kier molecular flexibility index (Phi) is 6.52. The normalized spacial score (nSPS) is 21.9. The number of fused-ring (bicyclic) bond motifs is 2. The highest BCUT2D eigenvalue weighted by molar-refractivity contribution is 7.89. The third-order valence-electron chi connectivity index (χ3n) is 6.84. The maximum atomic E-state index is 12.8. The fraction of sp³-hybridized carbons (Fsp3) is 0.565. The van der Waals surface area contributed by atoms with Crippen molar-refractivity contribution in [2.24, 2.45) is 11.8 Å². The maximum Gasteiger partial charge on any atom is 0.329 e. The Bertz CT molecular complexity index is 1230. The van der Waals surface area contributed by atoms with Gasteiger partial charge in [-0.1, -0.05) is 12.8 Å². The van der Waals surface area contributed by atoms with Gasteiger partial charge in [0, 0.05) is 20.6 Å². The van der Waals surface area contributed by atoms with Gasteiger partial charge in [-0.05, 0) is 44.9 Å². The number of sulfonamides is 1. The molecule has 0 bridgehead atoms. The quantitative estimate of drug-likeness (QED) is 0.430. The van der Waals surface area contributed by atoms with Crippen LogP contribution in [0.15, 0.2) is 23.1 Å². The Hall–Kier alpha value is -2.79. The van der Waals surface area contributed by atoms with Crippen LogP contribution in [0.3, 0.4) is 0 Å². The standard InChI is InChI=1S/C23H30N4O6S/c1-5-26-19-11-10-15(34(31,32)25(3)4)12-18(19)24-20(26)13-33-23(30)14(2)27-21(28)16-8-6-7-9-17(16)22(27)29/h10-12,14,16-17H,5-9,13H2,1-4H3/t14-,16-,17-/m0/s1. The first-order valence-corrected chi connectivity index (χ1v) is 13.0. The monoisotopic (exact) mass is 490 g/mol. The summed E-state index contributed by atoms with van der Waals surface area (Å²) < 4.78 is 33.4. The molecular weight excluding hydrogens is 460 g/mol. The molecule has 34 heavy (non-hydrogen) atoms. The molecule has 3 atom stereocenters. The van der Waals surface area contributed by atoms with E-state index < -0.39 is 22.0 Å². The summed E-state index contributed by atoms with van der Waals surface area (Å²) in [6, 6.07) is 3.68. The number of imidazole rings is 1. The summed E-state index contributed by atoms with van der Waals surface area (Å²) in [7, 11) is -0.697. The van der Waals surface area contributed by atoms with E-state index >= 15 is 0 Å². The van der Waals surface area contributed by atoms with E-state index in [1.54, 1.807) is 6.07 Å². The van der Waals surface area contributed by atoms with Crippen LogP contribution in [0.1, 0.15) is 45.4 Å². The minimum Gasteiger partial charge on any atom is -0.456 e. The highest BCUT2D eigenvalue weighted by Gasteiger charge is 2.51. The van der Waals surface area contributed by atoms with E-state index in [-0.39, 0.29) is 35.2 Å². The summed E-state index contributed by atoms with van der Waals surface area (Å²) in [4.78, 5) is 44.0. The van der Waals surface area contributed by atoms with Crippen LogP contribution in [0.25, 0.3) is 11.0 Å². The summed E-state index contributed by atoms with van der Waals surface area (Å²) in [5.41, 5.74) is 1.19. The molecule has 11 heteroatoms. The van der Waals surface area contributed by atoms with Gasteiger partial charge in [-0.2, -0.15) is 0 Å². The van der Waals surface area contributed by atoms with Crippen LogP contribution < -0.4 is 0 Å². The second kappa shape index (κ2) is 9.10. The Balaban J connectivity index is 1.52.